The molecule has 0 fully saturated rings. The average molecular weight is 263 g/mol. The number of benzene rings is 1. The third-order valence-electron chi connectivity index (χ3n) is 2.55. The first-order valence-corrected chi connectivity index (χ1v) is 5.53. The zero-order valence-corrected chi connectivity index (χ0v) is 10.1. The number of rotatable bonds is 4. The Labute approximate surface area is 103 Å². The lowest BCUT2D eigenvalue weighted by Gasteiger charge is -2.22. The maximum absolute atomic E-state index is 12.2. The van der Waals surface area contributed by atoms with Crippen LogP contribution >= 0.6 is 0 Å². The summed E-state index contributed by atoms with van der Waals surface area (Å²) in [5.74, 6) is -0.105. The third-order valence-corrected chi connectivity index (χ3v) is 2.55. The Kier molecular flexibility index (Phi) is 4.45. The minimum atomic E-state index is -4.23. The van der Waals surface area contributed by atoms with E-state index < -0.39 is 24.7 Å². The molecule has 1 rings (SSSR count). The maximum Gasteiger partial charge on any atom is 0.390 e. The van der Waals surface area contributed by atoms with Gasteiger partial charge in [0.2, 0.25) is 0 Å². The molecule has 2 unspecified atom stereocenters. The van der Waals surface area contributed by atoms with Gasteiger partial charge in [-0.1, -0.05) is 0 Å². The minimum Gasteiger partial charge on any atom is -0.508 e. The van der Waals surface area contributed by atoms with Crippen LogP contribution in [0.25, 0.3) is 0 Å². The van der Waals surface area contributed by atoms with Crippen LogP contribution in [0.5, 0.6) is 11.5 Å². The Morgan fingerprint density at radius 3 is 2.39 bits per heavy atom. The van der Waals surface area contributed by atoms with Crippen LogP contribution in [0.15, 0.2) is 18.2 Å². The molecule has 0 bridgehead atoms. The second kappa shape index (κ2) is 5.48. The van der Waals surface area contributed by atoms with Crippen molar-refractivity contribution in [3.8, 4) is 11.5 Å². The molecule has 0 aromatic heterocycles. The fourth-order valence-electron chi connectivity index (χ4n) is 1.81. The molecule has 0 aliphatic rings. The summed E-state index contributed by atoms with van der Waals surface area (Å²) in [6, 6.07) is 2.67. The molecule has 0 radical (unpaired) electrons. The van der Waals surface area contributed by atoms with Crippen molar-refractivity contribution < 1.29 is 23.4 Å². The van der Waals surface area contributed by atoms with Gasteiger partial charge in [-0.25, -0.2) is 0 Å². The number of hydrogen-bond acceptors (Lipinski definition) is 3. The van der Waals surface area contributed by atoms with Gasteiger partial charge in [-0.05, 0) is 32.0 Å². The van der Waals surface area contributed by atoms with Gasteiger partial charge in [-0.2, -0.15) is 13.2 Å². The van der Waals surface area contributed by atoms with Gasteiger partial charge >= 0.3 is 6.18 Å². The Balaban J connectivity index is 2.70. The van der Waals surface area contributed by atoms with Crippen LogP contribution in [0, 0.1) is 0 Å². The second-order valence-electron chi connectivity index (χ2n) is 4.35. The maximum atomic E-state index is 12.2. The van der Waals surface area contributed by atoms with Crippen LogP contribution in [-0.4, -0.2) is 22.4 Å². The first-order valence-electron chi connectivity index (χ1n) is 5.53. The molecule has 1 aromatic carbocycles. The van der Waals surface area contributed by atoms with Crippen LogP contribution in [0.2, 0.25) is 0 Å². The van der Waals surface area contributed by atoms with Gasteiger partial charge in [0.25, 0.3) is 0 Å². The highest BCUT2D eigenvalue weighted by Gasteiger charge is 2.30. The van der Waals surface area contributed by atoms with E-state index in [-0.39, 0.29) is 11.5 Å². The summed E-state index contributed by atoms with van der Waals surface area (Å²) >= 11 is 0. The van der Waals surface area contributed by atoms with E-state index in [0.29, 0.717) is 5.56 Å². The summed E-state index contributed by atoms with van der Waals surface area (Å²) in [7, 11) is 0. The molecule has 0 aliphatic carbocycles. The molecule has 0 aliphatic heterocycles. The van der Waals surface area contributed by atoms with E-state index in [4.69, 9.17) is 0 Å². The van der Waals surface area contributed by atoms with E-state index in [1.54, 1.807) is 6.92 Å². The highest BCUT2D eigenvalue weighted by Crippen LogP contribution is 2.29. The van der Waals surface area contributed by atoms with Crippen LogP contribution in [0.4, 0.5) is 13.2 Å². The molecule has 0 saturated heterocycles. The van der Waals surface area contributed by atoms with Crippen LogP contribution in [0.3, 0.4) is 0 Å². The lowest BCUT2D eigenvalue weighted by atomic mass is 10.1. The fraction of sp³-hybridized carbons (Fsp3) is 0.500. The smallest absolute Gasteiger partial charge is 0.390 e. The van der Waals surface area contributed by atoms with E-state index >= 15 is 0 Å². The SMILES string of the molecule is CC(CC(F)(F)F)NC(C)c1cc(O)ccc1O. The monoisotopic (exact) mass is 263 g/mol. The highest BCUT2D eigenvalue weighted by atomic mass is 19.4. The van der Waals surface area contributed by atoms with Crippen molar-refractivity contribution in [3.63, 3.8) is 0 Å². The van der Waals surface area contributed by atoms with Crippen molar-refractivity contribution in [2.45, 2.75) is 38.5 Å². The predicted molar refractivity (Wildman–Crippen MR) is 61.5 cm³/mol. The molecule has 3 N–H and O–H groups in total. The van der Waals surface area contributed by atoms with Gasteiger partial charge < -0.3 is 15.5 Å². The fourth-order valence-corrected chi connectivity index (χ4v) is 1.81. The number of halogens is 3. The Hall–Kier alpha value is -1.43. The number of phenolic OH excluding ortho intramolecular Hbond substituents is 2. The van der Waals surface area contributed by atoms with Crippen LogP contribution in [0.1, 0.15) is 31.9 Å². The summed E-state index contributed by atoms with van der Waals surface area (Å²) in [4.78, 5) is 0. The number of alkyl halides is 3. The van der Waals surface area contributed by atoms with Crippen molar-refractivity contribution in [2.75, 3.05) is 0 Å². The standard InChI is InChI=1S/C12H16F3NO2/c1-7(6-12(13,14)15)16-8(2)10-5-9(17)3-4-11(10)18/h3-5,7-8,16-18H,6H2,1-2H3. The van der Waals surface area contributed by atoms with Gasteiger partial charge in [0, 0.05) is 17.6 Å². The molecular formula is C12H16F3NO2. The number of phenols is 2. The Morgan fingerprint density at radius 1 is 1.22 bits per heavy atom. The molecule has 2 atom stereocenters. The average Bonchev–Trinajstić information content (AvgIpc) is 2.18. The zero-order valence-electron chi connectivity index (χ0n) is 10.1. The van der Waals surface area contributed by atoms with E-state index in [2.05, 4.69) is 5.32 Å². The Bertz CT molecular complexity index is 407. The predicted octanol–water partition coefficient (Wildman–Crippen LogP) is 3.09. The van der Waals surface area contributed by atoms with E-state index in [0.717, 1.165) is 0 Å². The van der Waals surface area contributed by atoms with E-state index in [1.165, 1.54) is 25.1 Å². The summed E-state index contributed by atoms with van der Waals surface area (Å²) in [5, 5.41) is 21.6. The molecule has 0 spiro atoms. The molecule has 0 amide bonds. The molecule has 6 heteroatoms. The lowest BCUT2D eigenvalue weighted by molar-refractivity contribution is -0.139. The van der Waals surface area contributed by atoms with E-state index in [9.17, 15) is 23.4 Å². The first-order chi connectivity index (χ1) is 8.19. The molecule has 0 saturated carbocycles. The van der Waals surface area contributed by atoms with E-state index in [1.807, 2.05) is 0 Å². The van der Waals surface area contributed by atoms with Crippen LogP contribution in [-0.2, 0) is 0 Å². The van der Waals surface area contributed by atoms with Crippen molar-refractivity contribution in [3.05, 3.63) is 23.8 Å². The molecule has 3 nitrogen and oxygen atoms in total. The molecule has 18 heavy (non-hydrogen) atoms. The summed E-state index contributed by atoms with van der Waals surface area (Å²) in [6.45, 7) is 3.05. The molecule has 1 aromatic rings. The highest BCUT2D eigenvalue weighted by molar-refractivity contribution is 5.40. The van der Waals surface area contributed by atoms with Gasteiger partial charge in [-0.15, -0.1) is 0 Å². The topological polar surface area (TPSA) is 52.5 Å². The van der Waals surface area contributed by atoms with Crippen molar-refractivity contribution in [2.24, 2.45) is 0 Å². The number of nitrogens with one attached hydrogen (secondary N) is 1. The largest absolute Gasteiger partial charge is 0.508 e. The molecular weight excluding hydrogens is 247 g/mol. The van der Waals surface area contributed by atoms with Crippen molar-refractivity contribution in [1.29, 1.82) is 0 Å². The lowest BCUT2D eigenvalue weighted by Crippen LogP contribution is -2.33. The number of aromatic hydroxyl groups is 2. The minimum absolute atomic E-state index is 0.0417. The molecule has 0 heterocycles. The summed E-state index contributed by atoms with van der Waals surface area (Å²) in [5.41, 5.74) is 0.365. The number of hydrogen-bond donors (Lipinski definition) is 3. The quantitative estimate of drug-likeness (QED) is 0.732. The van der Waals surface area contributed by atoms with Gasteiger partial charge in [0.15, 0.2) is 0 Å². The molecule has 102 valence electrons. The summed E-state index contributed by atoms with van der Waals surface area (Å²) < 4.78 is 36.5. The van der Waals surface area contributed by atoms with Crippen molar-refractivity contribution in [1.82, 2.24) is 5.32 Å². The zero-order chi connectivity index (χ0) is 13.9. The second-order valence-corrected chi connectivity index (χ2v) is 4.35. The van der Waals surface area contributed by atoms with Crippen LogP contribution < -0.4 is 5.32 Å². The normalized spacial score (nSPS) is 15.4. The van der Waals surface area contributed by atoms with Gasteiger partial charge in [-0.3, -0.25) is 0 Å². The van der Waals surface area contributed by atoms with Crippen molar-refractivity contribution >= 4 is 0 Å². The Morgan fingerprint density at radius 2 is 1.83 bits per heavy atom. The first kappa shape index (κ1) is 14.6. The van der Waals surface area contributed by atoms with Gasteiger partial charge in [0.1, 0.15) is 11.5 Å². The third kappa shape index (κ3) is 4.44. The summed E-state index contributed by atoms with van der Waals surface area (Å²) in [6.07, 6.45) is -5.18. The van der Waals surface area contributed by atoms with Gasteiger partial charge in [0.05, 0.1) is 6.42 Å².